The third kappa shape index (κ3) is 10.9. The number of benzene rings is 2. The Balaban J connectivity index is 0.000000189. The average Bonchev–Trinajstić information content (AvgIpc) is 4.10. The van der Waals surface area contributed by atoms with Gasteiger partial charge in [-0.25, -0.2) is 18.4 Å². The van der Waals surface area contributed by atoms with Crippen molar-refractivity contribution in [3.05, 3.63) is 185 Å². The Morgan fingerprint density at radius 1 is 0.619 bits per heavy atom. The van der Waals surface area contributed by atoms with E-state index in [4.69, 9.17) is 23.2 Å². The molecule has 0 saturated heterocycles. The Labute approximate surface area is 380 Å². The highest BCUT2D eigenvalue weighted by atomic mass is 35.5. The van der Waals surface area contributed by atoms with E-state index in [0.717, 1.165) is 29.0 Å². The van der Waals surface area contributed by atoms with Crippen LogP contribution in [-0.4, -0.2) is 65.2 Å². The fourth-order valence-corrected chi connectivity index (χ4v) is 9.44. The Morgan fingerprint density at radius 3 is 1.43 bits per heavy atom. The van der Waals surface area contributed by atoms with Crippen molar-refractivity contribution < 1.29 is 22.2 Å². The van der Waals surface area contributed by atoms with Gasteiger partial charge in [-0.1, -0.05) is 35.3 Å². The first-order valence-electron chi connectivity index (χ1n) is 18.5. The largest absolute Gasteiger partial charge is 0.346 e. The second kappa shape index (κ2) is 19.4. The summed E-state index contributed by atoms with van der Waals surface area (Å²) in [5, 5.41) is 5.73. The Bertz CT molecular complexity index is 3210. The minimum absolute atomic E-state index is 0.0430. The van der Waals surface area contributed by atoms with Gasteiger partial charge >= 0.3 is 0 Å². The zero-order chi connectivity index (χ0) is 44.8. The van der Waals surface area contributed by atoms with Gasteiger partial charge in [0.1, 0.15) is 0 Å². The lowest BCUT2D eigenvalue weighted by molar-refractivity contribution is 0.0946. The molecule has 322 valence electrons. The summed E-state index contributed by atoms with van der Waals surface area (Å²) in [4.78, 5) is 58.1. The highest BCUT2D eigenvalue weighted by molar-refractivity contribution is 7.90. The molecule has 2 amide bonds. The van der Waals surface area contributed by atoms with Gasteiger partial charge in [0.15, 0.2) is 0 Å². The minimum atomic E-state index is -3.65. The molecule has 2 N–H and O–H groups in total. The van der Waals surface area contributed by atoms with Crippen LogP contribution < -0.4 is 21.8 Å². The van der Waals surface area contributed by atoms with E-state index in [0.29, 0.717) is 46.3 Å². The predicted octanol–water partition coefficient (Wildman–Crippen LogP) is 6.48. The smallest absolute Gasteiger partial charge is 0.261 e. The molecule has 2 aromatic carbocycles. The molecule has 8 rings (SSSR count). The molecular formula is C42H34Cl2N8O7S4. The number of aromatic nitrogens is 6. The molecule has 0 aliphatic carbocycles. The van der Waals surface area contributed by atoms with E-state index >= 15 is 0 Å². The first-order chi connectivity index (χ1) is 30.1. The molecule has 0 bridgehead atoms. The first-order valence-corrected chi connectivity index (χ1v) is 24.3. The van der Waals surface area contributed by atoms with Crippen molar-refractivity contribution >= 4 is 78.3 Å². The second-order valence-corrected chi connectivity index (χ2v) is 20.0. The summed E-state index contributed by atoms with van der Waals surface area (Å²) in [5.41, 5.74) is 3.30. The van der Waals surface area contributed by atoms with Crippen LogP contribution in [-0.2, 0) is 33.7 Å². The number of halogens is 2. The van der Waals surface area contributed by atoms with Gasteiger partial charge in [-0.15, -0.1) is 22.7 Å². The monoisotopic (exact) mass is 960 g/mol. The molecule has 0 spiro atoms. The normalized spacial score (nSPS) is 11.7. The summed E-state index contributed by atoms with van der Waals surface area (Å²) in [6, 6.07) is 30.5. The van der Waals surface area contributed by atoms with Gasteiger partial charge < -0.3 is 10.6 Å². The summed E-state index contributed by atoms with van der Waals surface area (Å²) in [6.45, 7) is 0.227. The minimum Gasteiger partial charge on any atom is -0.346 e. The van der Waals surface area contributed by atoms with Gasteiger partial charge in [0, 0.05) is 72.2 Å². The number of pyridine rings is 2. The van der Waals surface area contributed by atoms with Gasteiger partial charge in [0.05, 0.1) is 53.7 Å². The molecule has 0 aliphatic heterocycles. The van der Waals surface area contributed by atoms with E-state index in [1.807, 2.05) is 12.1 Å². The summed E-state index contributed by atoms with van der Waals surface area (Å²) in [6.07, 6.45) is 9.26. The summed E-state index contributed by atoms with van der Waals surface area (Å²) >= 11 is 14.1. The molecule has 15 nitrogen and oxygen atoms in total. The standard InChI is InChI=1S/C21H17ClN4O4S2.C21H17ClN4O3S2/c1-32(29,30)21-24-14(12-23-20(28)17-9-10-18(22)31-17)13-26(21)16-7-5-15(6-8-16)25-11-3-2-4-19(25)27;1-31(29)21-24-14(12-23-20(28)17-9-10-18(22)30-17)13-26(21)16-7-5-15(6-8-16)25-11-3-2-4-19(25)27/h2-11,13H,12H2,1H3,(H,23,28);2-11,13H,12H2,1H3,(H,23,28). The molecule has 6 heterocycles. The number of hydrogen-bond acceptors (Lipinski definition) is 11. The Hall–Kier alpha value is -6.22. The van der Waals surface area contributed by atoms with Gasteiger partial charge in [0.25, 0.3) is 22.9 Å². The molecule has 1 unspecified atom stereocenters. The van der Waals surface area contributed by atoms with Crippen molar-refractivity contribution in [3.63, 3.8) is 0 Å². The van der Waals surface area contributed by atoms with Crippen molar-refractivity contribution in [2.24, 2.45) is 0 Å². The molecule has 1 atom stereocenters. The molecule has 0 fully saturated rings. The van der Waals surface area contributed by atoms with Gasteiger partial charge in [-0.3, -0.25) is 41.7 Å². The summed E-state index contributed by atoms with van der Waals surface area (Å²) in [7, 11) is -4.99. The number of carbonyl (C=O) groups excluding carboxylic acids is 2. The fraction of sp³-hybridized carbons (Fsp3) is 0.0952. The van der Waals surface area contributed by atoms with E-state index in [1.165, 1.54) is 37.2 Å². The van der Waals surface area contributed by atoms with Crippen LogP contribution in [0.25, 0.3) is 22.7 Å². The summed E-state index contributed by atoms with van der Waals surface area (Å²) in [5.74, 6) is -0.571. The van der Waals surface area contributed by atoms with Crippen LogP contribution in [0.15, 0.2) is 154 Å². The third-order valence-electron chi connectivity index (χ3n) is 8.95. The van der Waals surface area contributed by atoms with E-state index in [9.17, 15) is 31.8 Å². The van der Waals surface area contributed by atoms with Crippen molar-refractivity contribution in [2.45, 2.75) is 23.4 Å². The maximum absolute atomic E-state index is 12.3. The number of amides is 2. The number of nitrogens with one attached hydrogen (secondary N) is 2. The SMILES string of the molecule is CS(=O)(=O)c1nc(CNC(=O)c2ccc(Cl)s2)cn1-c1ccc(-n2ccccc2=O)cc1.CS(=O)c1nc(CNC(=O)c2ccc(Cl)s2)cn1-c1ccc(-n2ccccc2=O)cc1. The van der Waals surface area contributed by atoms with Crippen molar-refractivity contribution in [1.29, 1.82) is 0 Å². The highest BCUT2D eigenvalue weighted by Gasteiger charge is 2.20. The number of thiophene rings is 2. The van der Waals surface area contributed by atoms with Crippen LogP contribution in [0.4, 0.5) is 0 Å². The molecule has 21 heteroatoms. The Morgan fingerprint density at radius 2 is 1.03 bits per heavy atom. The number of hydrogen-bond donors (Lipinski definition) is 2. The maximum Gasteiger partial charge on any atom is 0.261 e. The van der Waals surface area contributed by atoms with Crippen LogP contribution in [0.1, 0.15) is 30.7 Å². The van der Waals surface area contributed by atoms with Gasteiger partial charge in [0.2, 0.25) is 20.2 Å². The van der Waals surface area contributed by atoms with Crippen molar-refractivity contribution in [1.82, 2.24) is 38.9 Å². The fourth-order valence-electron chi connectivity index (χ4n) is 6.04. The maximum atomic E-state index is 12.3. The van der Waals surface area contributed by atoms with Gasteiger partial charge in [-0.2, -0.15) is 0 Å². The number of nitrogens with zero attached hydrogens (tertiary/aromatic N) is 6. The number of sulfone groups is 1. The number of imidazole rings is 2. The first kappa shape index (κ1) is 44.8. The van der Waals surface area contributed by atoms with E-state index in [-0.39, 0.29) is 41.2 Å². The topological polar surface area (TPSA) is 189 Å². The van der Waals surface area contributed by atoms with Gasteiger partial charge in [-0.05, 0) is 84.9 Å². The Kier molecular flexibility index (Phi) is 13.8. The molecule has 0 saturated carbocycles. The van der Waals surface area contributed by atoms with E-state index < -0.39 is 20.6 Å². The van der Waals surface area contributed by atoms with Crippen LogP contribution >= 0.6 is 45.9 Å². The lowest BCUT2D eigenvalue weighted by Crippen LogP contribution is -2.22. The average molecular weight is 962 g/mol. The molecule has 6 aromatic heterocycles. The molecular weight excluding hydrogens is 928 g/mol. The van der Waals surface area contributed by atoms with E-state index in [1.54, 1.807) is 121 Å². The predicted molar refractivity (Wildman–Crippen MR) is 245 cm³/mol. The second-order valence-electron chi connectivity index (χ2n) is 13.4. The quantitative estimate of drug-likeness (QED) is 0.138. The molecule has 0 radical (unpaired) electrons. The van der Waals surface area contributed by atoms with Crippen molar-refractivity contribution in [3.8, 4) is 22.7 Å². The number of carbonyl (C=O) groups is 2. The zero-order valence-electron chi connectivity index (χ0n) is 33.0. The zero-order valence-corrected chi connectivity index (χ0v) is 37.8. The van der Waals surface area contributed by atoms with Crippen LogP contribution in [0, 0.1) is 0 Å². The summed E-state index contributed by atoms with van der Waals surface area (Å²) < 4.78 is 44.1. The highest BCUT2D eigenvalue weighted by Crippen LogP contribution is 2.24. The molecule has 8 aromatic rings. The number of rotatable bonds is 12. The third-order valence-corrected chi connectivity index (χ3v) is 13.2. The molecule has 63 heavy (non-hydrogen) atoms. The van der Waals surface area contributed by atoms with Crippen LogP contribution in [0.3, 0.4) is 0 Å². The lowest BCUT2D eigenvalue weighted by atomic mass is 10.2. The van der Waals surface area contributed by atoms with Crippen molar-refractivity contribution in [2.75, 3.05) is 12.5 Å². The van der Waals surface area contributed by atoms with E-state index in [2.05, 4.69) is 20.6 Å². The lowest BCUT2D eigenvalue weighted by Gasteiger charge is -2.09. The van der Waals surface area contributed by atoms with Crippen LogP contribution in [0.2, 0.25) is 8.67 Å². The van der Waals surface area contributed by atoms with Crippen LogP contribution in [0.5, 0.6) is 0 Å². The molecule has 0 aliphatic rings.